The summed E-state index contributed by atoms with van der Waals surface area (Å²) in [6.45, 7) is 2.62. The fraction of sp³-hybridized carbons (Fsp3) is 0.571. The normalized spacial score (nSPS) is 23.0. The van der Waals surface area contributed by atoms with Crippen LogP contribution in [-0.4, -0.2) is 17.0 Å². The highest BCUT2D eigenvalue weighted by atomic mass is 32.1. The van der Waals surface area contributed by atoms with Gasteiger partial charge < -0.3 is 10.4 Å². The molecule has 2 N–H and O–H groups in total. The number of carbonyl (C=O) groups is 2. The number of aliphatic carboxylic acids is 1. The molecule has 0 aromatic carbocycles. The van der Waals surface area contributed by atoms with Crippen LogP contribution in [0.3, 0.4) is 0 Å². The number of rotatable bonds is 4. The summed E-state index contributed by atoms with van der Waals surface area (Å²) in [5.74, 6) is -0.941. The maximum absolute atomic E-state index is 12.0. The minimum atomic E-state index is -0.729. The lowest BCUT2D eigenvalue weighted by molar-refractivity contribution is -0.144. The van der Waals surface area contributed by atoms with Crippen LogP contribution in [-0.2, 0) is 16.1 Å². The molecule has 0 saturated heterocycles. The van der Waals surface area contributed by atoms with Crippen molar-refractivity contribution in [3.8, 4) is 0 Å². The van der Waals surface area contributed by atoms with Gasteiger partial charge in [0.1, 0.15) is 0 Å². The summed E-state index contributed by atoms with van der Waals surface area (Å²) in [5.41, 5.74) is 0. The molecule has 19 heavy (non-hydrogen) atoms. The Morgan fingerprint density at radius 2 is 1.89 bits per heavy atom. The summed E-state index contributed by atoms with van der Waals surface area (Å²) in [7, 11) is 0. The van der Waals surface area contributed by atoms with Gasteiger partial charge in [-0.3, -0.25) is 9.59 Å². The second-order valence-electron chi connectivity index (χ2n) is 5.12. The topological polar surface area (TPSA) is 66.4 Å². The molecule has 0 aliphatic heterocycles. The summed E-state index contributed by atoms with van der Waals surface area (Å²) in [5, 5.41) is 11.9. The van der Waals surface area contributed by atoms with Crippen molar-refractivity contribution in [2.45, 2.75) is 39.2 Å². The smallest absolute Gasteiger partial charge is 0.306 e. The molecule has 104 valence electrons. The highest BCUT2D eigenvalue weighted by Crippen LogP contribution is 2.29. The minimum Gasteiger partial charge on any atom is -0.481 e. The first-order chi connectivity index (χ1) is 9.06. The molecular formula is C14H19NO3S. The van der Waals surface area contributed by atoms with E-state index in [2.05, 4.69) is 5.32 Å². The molecule has 0 atom stereocenters. The van der Waals surface area contributed by atoms with Crippen LogP contribution in [0.2, 0.25) is 0 Å². The third kappa shape index (κ3) is 3.80. The van der Waals surface area contributed by atoms with Gasteiger partial charge in [-0.1, -0.05) is 0 Å². The molecule has 4 nitrogen and oxygen atoms in total. The van der Waals surface area contributed by atoms with E-state index in [1.807, 2.05) is 19.1 Å². The van der Waals surface area contributed by atoms with Crippen molar-refractivity contribution in [2.24, 2.45) is 11.8 Å². The van der Waals surface area contributed by atoms with Crippen LogP contribution in [0.5, 0.6) is 0 Å². The van der Waals surface area contributed by atoms with E-state index in [0.717, 1.165) is 4.88 Å². The number of hydrogen-bond donors (Lipinski definition) is 2. The van der Waals surface area contributed by atoms with Crippen LogP contribution in [0, 0.1) is 18.8 Å². The number of thiophene rings is 1. The number of nitrogens with one attached hydrogen (secondary N) is 1. The quantitative estimate of drug-likeness (QED) is 0.891. The second kappa shape index (κ2) is 6.19. The lowest BCUT2D eigenvalue weighted by Gasteiger charge is -2.25. The average Bonchev–Trinajstić information content (AvgIpc) is 2.82. The summed E-state index contributed by atoms with van der Waals surface area (Å²) < 4.78 is 0. The molecule has 0 unspecified atom stereocenters. The van der Waals surface area contributed by atoms with Crippen LogP contribution in [0.15, 0.2) is 12.1 Å². The van der Waals surface area contributed by atoms with Crippen molar-refractivity contribution >= 4 is 23.2 Å². The van der Waals surface area contributed by atoms with E-state index in [0.29, 0.717) is 32.2 Å². The number of carboxylic acid groups (broad SMARTS) is 1. The van der Waals surface area contributed by atoms with Crippen molar-refractivity contribution in [2.75, 3.05) is 0 Å². The first-order valence-corrected chi connectivity index (χ1v) is 7.43. The van der Waals surface area contributed by atoms with Gasteiger partial charge in [-0.25, -0.2) is 0 Å². The predicted octanol–water partition coefficient (Wildman–Crippen LogP) is 2.56. The Morgan fingerprint density at radius 1 is 1.26 bits per heavy atom. The van der Waals surface area contributed by atoms with Gasteiger partial charge in [-0.15, -0.1) is 11.3 Å². The number of aryl methyl sites for hydroxylation is 1. The Labute approximate surface area is 116 Å². The highest BCUT2D eigenvalue weighted by molar-refractivity contribution is 7.11. The molecule has 1 aliphatic carbocycles. The molecule has 5 heteroatoms. The fourth-order valence-electron chi connectivity index (χ4n) is 2.50. The number of hydrogen-bond acceptors (Lipinski definition) is 3. The van der Waals surface area contributed by atoms with E-state index in [9.17, 15) is 9.59 Å². The van der Waals surface area contributed by atoms with Gasteiger partial charge in [0, 0.05) is 15.7 Å². The Bertz CT molecular complexity index is 461. The van der Waals surface area contributed by atoms with Crippen molar-refractivity contribution in [1.82, 2.24) is 5.32 Å². The second-order valence-corrected chi connectivity index (χ2v) is 6.49. The van der Waals surface area contributed by atoms with Crippen LogP contribution >= 0.6 is 11.3 Å². The lowest BCUT2D eigenvalue weighted by atomic mass is 9.81. The molecule has 1 heterocycles. The third-order valence-electron chi connectivity index (χ3n) is 3.68. The number of amides is 1. The van der Waals surface area contributed by atoms with Crippen LogP contribution in [0.25, 0.3) is 0 Å². The molecular weight excluding hydrogens is 262 g/mol. The third-order valence-corrected chi connectivity index (χ3v) is 4.68. The first kappa shape index (κ1) is 14.1. The molecule has 2 rings (SSSR count). The molecule has 0 radical (unpaired) electrons. The zero-order valence-electron chi connectivity index (χ0n) is 11.0. The van der Waals surface area contributed by atoms with Gasteiger partial charge in [-0.05, 0) is 44.7 Å². The van der Waals surface area contributed by atoms with Gasteiger partial charge in [0.05, 0.1) is 12.5 Å². The summed E-state index contributed by atoms with van der Waals surface area (Å²) >= 11 is 1.69. The Hall–Kier alpha value is -1.36. The monoisotopic (exact) mass is 281 g/mol. The summed E-state index contributed by atoms with van der Waals surface area (Å²) in [6.07, 6.45) is 2.61. The van der Waals surface area contributed by atoms with Crippen molar-refractivity contribution in [3.63, 3.8) is 0 Å². The van der Waals surface area contributed by atoms with Crippen LogP contribution < -0.4 is 5.32 Å². The SMILES string of the molecule is Cc1ccc(CNC(=O)C2CCC(C(=O)O)CC2)s1. The molecule has 1 saturated carbocycles. The van der Waals surface area contributed by atoms with Gasteiger partial charge in [0.2, 0.25) is 5.91 Å². The maximum Gasteiger partial charge on any atom is 0.306 e. The van der Waals surface area contributed by atoms with Crippen molar-refractivity contribution in [3.05, 3.63) is 21.9 Å². The van der Waals surface area contributed by atoms with E-state index < -0.39 is 5.97 Å². The van der Waals surface area contributed by atoms with Gasteiger partial charge >= 0.3 is 5.97 Å². The highest BCUT2D eigenvalue weighted by Gasteiger charge is 2.29. The summed E-state index contributed by atoms with van der Waals surface area (Å²) in [4.78, 5) is 25.2. The van der Waals surface area contributed by atoms with Crippen molar-refractivity contribution < 1.29 is 14.7 Å². The van der Waals surface area contributed by atoms with Crippen LogP contribution in [0.1, 0.15) is 35.4 Å². The standard InChI is InChI=1S/C14H19NO3S/c1-9-2-7-12(19-9)8-15-13(16)10-3-5-11(6-4-10)14(17)18/h2,7,10-11H,3-6,8H2,1H3,(H,15,16)(H,17,18). The zero-order valence-corrected chi connectivity index (χ0v) is 11.8. The molecule has 1 amide bonds. The van der Waals surface area contributed by atoms with Gasteiger partial charge in [-0.2, -0.15) is 0 Å². The largest absolute Gasteiger partial charge is 0.481 e. The minimum absolute atomic E-state index is 0.0170. The van der Waals surface area contributed by atoms with E-state index in [4.69, 9.17) is 5.11 Å². The summed E-state index contributed by atoms with van der Waals surface area (Å²) in [6, 6.07) is 4.08. The molecule has 0 bridgehead atoms. The lowest BCUT2D eigenvalue weighted by Crippen LogP contribution is -2.33. The molecule has 1 aromatic heterocycles. The van der Waals surface area contributed by atoms with Crippen molar-refractivity contribution in [1.29, 1.82) is 0 Å². The van der Waals surface area contributed by atoms with Crippen LogP contribution in [0.4, 0.5) is 0 Å². The van der Waals surface area contributed by atoms with Gasteiger partial charge in [0.25, 0.3) is 0 Å². The van der Waals surface area contributed by atoms with E-state index in [1.165, 1.54) is 4.88 Å². The maximum atomic E-state index is 12.0. The van der Waals surface area contributed by atoms with E-state index in [1.54, 1.807) is 11.3 Å². The fourth-order valence-corrected chi connectivity index (χ4v) is 3.33. The zero-order chi connectivity index (χ0) is 13.8. The van der Waals surface area contributed by atoms with E-state index in [-0.39, 0.29) is 17.7 Å². The van der Waals surface area contributed by atoms with Gasteiger partial charge in [0.15, 0.2) is 0 Å². The Kier molecular flexibility index (Phi) is 4.58. The Balaban J connectivity index is 1.77. The van der Waals surface area contributed by atoms with E-state index >= 15 is 0 Å². The number of carbonyl (C=O) groups excluding carboxylic acids is 1. The number of carboxylic acids is 1. The predicted molar refractivity (Wildman–Crippen MR) is 74.0 cm³/mol. The molecule has 1 fully saturated rings. The Morgan fingerprint density at radius 3 is 2.42 bits per heavy atom. The average molecular weight is 281 g/mol. The molecule has 1 aromatic rings. The molecule has 1 aliphatic rings. The molecule has 0 spiro atoms. The first-order valence-electron chi connectivity index (χ1n) is 6.62.